The summed E-state index contributed by atoms with van der Waals surface area (Å²) in [5, 5.41) is 0. The van der Waals surface area contributed by atoms with E-state index in [2.05, 4.69) is 74.3 Å². The molecule has 5 aliphatic rings. The Morgan fingerprint density at radius 3 is 2.51 bits per heavy atom. The van der Waals surface area contributed by atoms with Gasteiger partial charge < -0.3 is 4.90 Å². The van der Waals surface area contributed by atoms with Crippen molar-refractivity contribution < 1.29 is 13.6 Å². The van der Waals surface area contributed by atoms with Crippen molar-refractivity contribution in [2.75, 3.05) is 19.6 Å². The number of halogens is 2. The second-order valence-electron chi connectivity index (χ2n) is 12.8. The van der Waals surface area contributed by atoms with E-state index >= 15 is 0 Å². The highest BCUT2D eigenvalue weighted by Gasteiger charge is 2.66. The van der Waals surface area contributed by atoms with Crippen LogP contribution in [0.2, 0.25) is 0 Å². The standard InChI is InChI=1S/C34H42F2N2O/c1-4-5-6-9-27-19-28(12-11-24(27)2)31(39)37-17-13-29(14-18-37)32(15-16-32)38(23-26-20-33(35,36)21-26)34-22-30(34)10-7-8-25(34)3/h6-12,15-16,19,26,29-30H,4-5,13-14,17-18,20-23H2,1-3H3/b9-6-. The number of nitrogens with zero attached hydrogens (tertiary/aromatic N) is 2. The molecule has 0 bridgehead atoms. The highest BCUT2D eigenvalue weighted by atomic mass is 19.3. The molecule has 0 spiro atoms. The van der Waals surface area contributed by atoms with Crippen molar-refractivity contribution in [3.05, 3.63) is 76.9 Å². The molecule has 0 aromatic heterocycles. The Kier molecular flexibility index (Phi) is 6.73. The maximum Gasteiger partial charge on any atom is 0.253 e. The number of alkyl halides is 2. The molecule has 1 aliphatic heterocycles. The number of hydrogen-bond donors (Lipinski definition) is 0. The monoisotopic (exact) mass is 532 g/mol. The molecule has 6 rings (SSSR count). The van der Waals surface area contributed by atoms with Gasteiger partial charge in [0.15, 0.2) is 0 Å². The third-order valence-corrected chi connectivity index (χ3v) is 10.1. The SMILES string of the molecule is CCC/C=C\c1cc(C(=O)N2CCC(C3(N(CC4CC(F)(F)C4)C45CC4C=CC=C5C)C=C3)CC2)ccc1C. The molecule has 5 heteroatoms. The maximum absolute atomic E-state index is 13.8. The van der Waals surface area contributed by atoms with Gasteiger partial charge in [0, 0.05) is 44.0 Å². The van der Waals surface area contributed by atoms with Crippen molar-refractivity contribution in [2.24, 2.45) is 17.8 Å². The molecule has 1 amide bonds. The summed E-state index contributed by atoms with van der Waals surface area (Å²) in [6, 6.07) is 6.05. The zero-order valence-electron chi connectivity index (χ0n) is 23.6. The van der Waals surface area contributed by atoms with Gasteiger partial charge in [0.1, 0.15) is 0 Å². The Morgan fingerprint density at radius 1 is 1.13 bits per heavy atom. The molecule has 4 aliphatic carbocycles. The van der Waals surface area contributed by atoms with Crippen molar-refractivity contribution in [3.63, 3.8) is 0 Å². The molecular weight excluding hydrogens is 490 g/mol. The van der Waals surface area contributed by atoms with Crippen LogP contribution in [0.4, 0.5) is 8.78 Å². The van der Waals surface area contributed by atoms with Gasteiger partial charge in [-0.1, -0.05) is 67.5 Å². The number of carbonyl (C=O) groups excluding carboxylic acids is 1. The van der Waals surface area contributed by atoms with Crippen LogP contribution in [0.1, 0.15) is 80.3 Å². The van der Waals surface area contributed by atoms with Crippen LogP contribution in [-0.4, -0.2) is 52.3 Å². The predicted molar refractivity (Wildman–Crippen MR) is 154 cm³/mol. The number of carbonyl (C=O) groups is 1. The number of rotatable bonds is 9. The fourth-order valence-electron chi connectivity index (χ4n) is 7.61. The van der Waals surface area contributed by atoms with Crippen LogP contribution in [0.25, 0.3) is 6.08 Å². The lowest BCUT2D eigenvalue weighted by Crippen LogP contribution is -2.58. The molecule has 2 saturated carbocycles. The molecule has 0 N–H and O–H groups in total. The zero-order valence-corrected chi connectivity index (χ0v) is 23.6. The molecule has 39 heavy (non-hydrogen) atoms. The number of piperidine rings is 1. The van der Waals surface area contributed by atoms with Crippen LogP contribution in [0.3, 0.4) is 0 Å². The van der Waals surface area contributed by atoms with Crippen LogP contribution in [0.5, 0.6) is 0 Å². The molecule has 208 valence electrons. The fraction of sp³-hybridized carbons (Fsp3) is 0.559. The van der Waals surface area contributed by atoms with Crippen molar-refractivity contribution in [1.29, 1.82) is 0 Å². The Morgan fingerprint density at radius 2 is 1.87 bits per heavy atom. The molecule has 1 saturated heterocycles. The van der Waals surface area contributed by atoms with Crippen LogP contribution in [0.15, 0.2) is 60.2 Å². The Hall–Kier alpha value is -2.53. The topological polar surface area (TPSA) is 23.6 Å². The number of allylic oxidation sites excluding steroid dienone is 3. The summed E-state index contributed by atoms with van der Waals surface area (Å²) >= 11 is 0. The number of aryl methyl sites for hydroxylation is 1. The van der Waals surface area contributed by atoms with E-state index in [0.29, 0.717) is 11.8 Å². The number of amides is 1. The van der Waals surface area contributed by atoms with Gasteiger partial charge in [-0.25, -0.2) is 8.78 Å². The first-order chi connectivity index (χ1) is 18.7. The normalized spacial score (nSPS) is 28.9. The second-order valence-corrected chi connectivity index (χ2v) is 12.8. The minimum absolute atomic E-state index is 0.0119. The molecule has 1 heterocycles. The van der Waals surface area contributed by atoms with E-state index in [4.69, 9.17) is 0 Å². The average molecular weight is 533 g/mol. The minimum Gasteiger partial charge on any atom is -0.339 e. The van der Waals surface area contributed by atoms with Gasteiger partial charge in [-0.15, -0.1) is 0 Å². The second kappa shape index (κ2) is 9.83. The van der Waals surface area contributed by atoms with Gasteiger partial charge in [0.05, 0.1) is 11.1 Å². The molecule has 3 nitrogen and oxygen atoms in total. The Bertz CT molecular complexity index is 1240. The summed E-state index contributed by atoms with van der Waals surface area (Å²) in [5.74, 6) is -1.45. The first-order valence-electron chi connectivity index (χ1n) is 15.0. The van der Waals surface area contributed by atoms with Gasteiger partial charge in [-0.3, -0.25) is 9.69 Å². The number of unbranched alkanes of at least 4 members (excludes halogenated alkanes) is 1. The summed E-state index contributed by atoms with van der Waals surface area (Å²) in [6.45, 7) is 8.68. The van der Waals surface area contributed by atoms with Crippen molar-refractivity contribution in [2.45, 2.75) is 82.7 Å². The number of fused-ring (bicyclic) bond motifs is 1. The van der Waals surface area contributed by atoms with E-state index in [1.807, 2.05) is 17.0 Å². The third kappa shape index (κ3) is 4.75. The summed E-state index contributed by atoms with van der Waals surface area (Å²) < 4.78 is 27.6. The lowest BCUT2D eigenvalue weighted by atomic mass is 9.77. The average Bonchev–Trinajstić information content (AvgIpc) is 3.83. The van der Waals surface area contributed by atoms with Crippen LogP contribution in [0, 0.1) is 24.7 Å². The van der Waals surface area contributed by atoms with Crippen molar-refractivity contribution >= 4 is 12.0 Å². The summed E-state index contributed by atoms with van der Waals surface area (Å²) in [5.41, 5.74) is 4.26. The van der Waals surface area contributed by atoms with Crippen LogP contribution < -0.4 is 0 Å². The van der Waals surface area contributed by atoms with Gasteiger partial charge in [-0.2, -0.15) is 0 Å². The van der Waals surface area contributed by atoms with E-state index in [9.17, 15) is 13.6 Å². The third-order valence-electron chi connectivity index (χ3n) is 10.1. The minimum atomic E-state index is -2.49. The summed E-state index contributed by atoms with van der Waals surface area (Å²) in [6.07, 6.45) is 20.8. The van der Waals surface area contributed by atoms with Crippen LogP contribution >= 0.6 is 0 Å². The number of likely N-dealkylation sites (tertiary alicyclic amines) is 1. The van der Waals surface area contributed by atoms with Gasteiger partial charge in [-0.05, 0) is 74.6 Å². The smallest absolute Gasteiger partial charge is 0.253 e. The molecule has 2 atom stereocenters. The van der Waals surface area contributed by atoms with E-state index in [1.54, 1.807) is 0 Å². The lowest BCUT2D eigenvalue weighted by molar-refractivity contribution is -0.123. The van der Waals surface area contributed by atoms with E-state index in [1.165, 1.54) is 11.1 Å². The van der Waals surface area contributed by atoms with Crippen LogP contribution in [-0.2, 0) is 0 Å². The van der Waals surface area contributed by atoms with Crippen molar-refractivity contribution in [3.8, 4) is 0 Å². The number of hydrogen-bond acceptors (Lipinski definition) is 2. The fourth-order valence-corrected chi connectivity index (χ4v) is 7.61. The van der Waals surface area contributed by atoms with Crippen molar-refractivity contribution in [1.82, 2.24) is 9.80 Å². The maximum atomic E-state index is 13.8. The highest BCUT2D eigenvalue weighted by molar-refractivity contribution is 5.95. The molecular formula is C34H42F2N2O. The molecule has 2 unspecified atom stereocenters. The van der Waals surface area contributed by atoms with Gasteiger partial charge in [0.25, 0.3) is 5.91 Å². The largest absolute Gasteiger partial charge is 0.339 e. The van der Waals surface area contributed by atoms with E-state index in [-0.39, 0.29) is 35.7 Å². The molecule has 1 aromatic rings. The summed E-state index contributed by atoms with van der Waals surface area (Å²) in [4.78, 5) is 18.1. The first-order valence-corrected chi connectivity index (χ1v) is 15.0. The molecule has 0 radical (unpaired) electrons. The Balaban J connectivity index is 1.16. The Labute approximate surface area is 232 Å². The number of benzene rings is 1. The molecule has 1 aromatic carbocycles. The quantitative estimate of drug-likeness (QED) is 0.306. The zero-order chi connectivity index (χ0) is 27.4. The lowest BCUT2D eigenvalue weighted by Gasteiger charge is -2.50. The first kappa shape index (κ1) is 26.7. The van der Waals surface area contributed by atoms with Gasteiger partial charge >= 0.3 is 0 Å². The highest BCUT2D eigenvalue weighted by Crippen LogP contribution is 2.62. The van der Waals surface area contributed by atoms with E-state index in [0.717, 1.165) is 62.9 Å². The van der Waals surface area contributed by atoms with Gasteiger partial charge in [0.2, 0.25) is 5.92 Å². The van der Waals surface area contributed by atoms with E-state index < -0.39 is 5.92 Å². The predicted octanol–water partition coefficient (Wildman–Crippen LogP) is 7.59. The summed E-state index contributed by atoms with van der Waals surface area (Å²) in [7, 11) is 0. The molecule has 3 fully saturated rings.